The first-order valence-corrected chi connectivity index (χ1v) is 8.16. The number of para-hydroxylation sites is 1. The van der Waals surface area contributed by atoms with E-state index in [1.807, 2.05) is 59.5 Å². The van der Waals surface area contributed by atoms with Gasteiger partial charge in [-0.25, -0.2) is 4.79 Å². The molecule has 0 aliphatic carbocycles. The highest BCUT2D eigenvalue weighted by Gasteiger charge is 2.30. The molecule has 3 rings (SSSR count). The molecule has 1 aliphatic rings. The Morgan fingerprint density at radius 1 is 1.04 bits per heavy atom. The van der Waals surface area contributed by atoms with Gasteiger partial charge < -0.3 is 9.64 Å². The van der Waals surface area contributed by atoms with Gasteiger partial charge in [0.1, 0.15) is 5.75 Å². The molecule has 0 aromatic heterocycles. The molecule has 0 bridgehead atoms. The molecule has 23 heavy (non-hydrogen) atoms. The van der Waals surface area contributed by atoms with E-state index in [1.165, 1.54) is 0 Å². The van der Waals surface area contributed by atoms with Gasteiger partial charge in [-0.1, -0.05) is 62.4 Å². The summed E-state index contributed by atoms with van der Waals surface area (Å²) in [4.78, 5) is 14.4. The maximum absolute atomic E-state index is 12.5. The highest BCUT2D eigenvalue weighted by atomic mass is 16.6. The van der Waals surface area contributed by atoms with Crippen molar-refractivity contribution in [2.24, 2.45) is 5.41 Å². The molecule has 0 N–H and O–H groups in total. The average molecular weight is 309 g/mol. The van der Waals surface area contributed by atoms with Crippen LogP contribution in [0.2, 0.25) is 0 Å². The number of likely N-dealkylation sites (tertiary alicyclic amines) is 1. The second-order valence-corrected chi connectivity index (χ2v) is 6.92. The Kier molecular flexibility index (Phi) is 4.37. The highest BCUT2D eigenvalue weighted by Crippen LogP contribution is 2.32. The molecule has 3 nitrogen and oxygen atoms in total. The van der Waals surface area contributed by atoms with Crippen molar-refractivity contribution in [3.05, 3.63) is 54.6 Å². The lowest BCUT2D eigenvalue weighted by atomic mass is 9.84. The molecule has 1 saturated heterocycles. The second kappa shape index (κ2) is 6.45. The molecule has 0 atom stereocenters. The van der Waals surface area contributed by atoms with Gasteiger partial charge in [-0.05, 0) is 29.9 Å². The molecule has 0 spiro atoms. The van der Waals surface area contributed by atoms with Crippen molar-refractivity contribution < 1.29 is 9.53 Å². The number of rotatable bonds is 2. The average Bonchev–Trinajstić information content (AvgIpc) is 2.55. The molecule has 1 heterocycles. The van der Waals surface area contributed by atoms with E-state index in [1.54, 1.807) is 0 Å². The van der Waals surface area contributed by atoms with E-state index in [2.05, 4.69) is 13.8 Å². The fourth-order valence-corrected chi connectivity index (χ4v) is 3.15. The van der Waals surface area contributed by atoms with E-state index in [-0.39, 0.29) is 11.5 Å². The molecule has 1 amide bonds. The first-order chi connectivity index (χ1) is 11.1. The predicted molar refractivity (Wildman–Crippen MR) is 92.5 cm³/mol. The van der Waals surface area contributed by atoms with Gasteiger partial charge in [0, 0.05) is 18.7 Å². The first-order valence-electron chi connectivity index (χ1n) is 8.16. The summed E-state index contributed by atoms with van der Waals surface area (Å²) >= 11 is 0. The second-order valence-electron chi connectivity index (χ2n) is 6.92. The quantitative estimate of drug-likeness (QED) is 0.783. The van der Waals surface area contributed by atoms with Crippen molar-refractivity contribution in [2.45, 2.75) is 26.7 Å². The van der Waals surface area contributed by atoms with Gasteiger partial charge in [0.25, 0.3) is 0 Å². The van der Waals surface area contributed by atoms with E-state index in [0.29, 0.717) is 5.75 Å². The van der Waals surface area contributed by atoms with Crippen molar-refractivity contribution in [3.63, 3.8) is 0 Å². The summed E-state index contributed by atoms with van der Waals surface area (Å²) in [5, 5.41) is 0. The molecular formula is C20H23NO2. The van der Waals surface area contributed by atoms with E-state index < -0.39 is 0 Å². The lowest BCUT2D eigenvalue weighted by molar-refractivity contribution is 0.100. The van der Waals surface area contributed by atoms with Gasteiger partial charge in [0.15, 0.2) is 0 Å². The minimum absolute atomic E-state index is 0.163. The molecule has 0 saturated carbocycles. The lowest BCUT2D eigenvalue weighted by Gasteiger charge is -2.37. The molecule has 2 aromatic carbocycles. The summed E-state index contributed by atoms with van der Waals surface area (Å²) in [6, 6.07) is 17.7. The van der Waals surface area contributed by atoms with Gasteiger partial charge in [-0.3, -0.25) is 0 Å². The minimum Gasteiger partial charge on any atom is -0.410 e. The Morgan fingerprint density at radius 2 is 1.74 bits per heavy atom. The Bertz CT molecular complexity index is 679. The van der Waals surface area contributed by atoms with E-state index in [4.69, 9.17) is 4.74 Å². The van der Waals surface area contributed by atoms with Gasteiger partial charge in [-0.2, -0.15) is 0 Å². The number of carbonyl (C=O) groups is 1. The van der Waals surface area contributed by atoms with Crippen LogP contribution in [0.1, 0.15) is 26.7 Å². The molecule has 2 aromatic rings. The SMILES string of the molecule is CC1(C)CCCN(C(=O)Oc2ccccc2-c2ccccc2)C1. The zero-order valence-electron chi connectivity index (χ0n) is 13.8. The standard InChI is InChI=1S/C20H23NO2/c1-20(2)13-8-14-21(15-20)19(22)23-18-12-7-6-11-17(18)16-9-4-3-5-10-16/h3-7,9-12H,8,13-15H2,1-2H3. The Morgan fingerprint density at radius 3 is 2.48 bits per heavy atom. The van der Waals surface area contributed by atoms with Crippen molar-refractivity contribution >= 4 is 6.09 Å². The van der Waals surface area contributed by atoms with Crippen LogP contribution in [0.15, 0.2) is 54.6 Å². The maximum atomic E-state index is 12.5. The third kappa shape index (κ3) is 3.73. The van der Waals surface area contributed by atoms with Crippen LogP contribution < -0.4 is 4.74 Å². The summed E-state index contributed by atoms with van der Waals surface area (Å²) in [5.41, 5.74) is 2.16. The van der Waals surface area contributed by atoms with Gasteiger partial charge in [-0.15, -0.1) is 0 Å². The predicted octanol–water partition coefficient (Wildman–Crippen LogP) is 4.97. The van der Waals surface area contributed by atoms with Crippen LogP contribution in [0.5, 0.6) is 5.75 Å². The van der Waals surface area contributed by atoms with Crippen molar-refractivity contribution in [3.8, 4) is 16.9 Å². The lowest BCUT2D eigenvalue weighted by Crippen LogP contribution is -2.44. The summed E-state index contributed by atoms with van der Waals surface area (Å²) < 4.78 is 5.72. The van der Waals surface area contributed by atoms with Crippen LogP contribution >= 0.6 is 0 Å². The molecule has 1 fully saturated rings. The number of ether oxygens (including phenoxy) is 1. The summed E-state index contributed by atoms with van der Waals surface area (Å²) in [7, 11) is 0. The summed E-state index contributed by atoms with van der Waals surface area (Å²) in [6.45, 7) is 5.92. The molecule has 120 valence electrons. The zero-order valence-corrected chi connectivity index (χ0v) is 13.8. The number of nitrogens with zero attached hydrogens (tertiary/aromatic N) is 1. The Labute approximate surface area is 137 Å². The van der Waals surface area contributed by atoms with Gasteiger partial charge in [0.05, 0.1) is 0 Å². The van der Waals surface area contributed by atoms with Gasteiger partial charge in [0.2, 0.25) is 0 Å². The van der Waals surface area contributed by atoms with Crippen LogP contribution in [-0.2, 0) is 0 Å². The number of benzene rings is 2. The summed E-state index contributed by atoms with van der Waals surface area (Å²) in [5.74, 6) is 0.618. The molecule has 0 unspecified atom stereocenters. The third-order valence-corrected chi connectivity index (χ3v) is 4.33. The Balaban J connectivity index is 1.79. The van der Waals surface area contributed by atoms with Crippen LogP contribution in [0.4, 0.5) is 4.79 Å². The van der Waals surface area contributed by atoms with E-state index >= 15 is 0 Å². The smallest absolute Gasteiger partial charge is 0.410 e. The third-order valence-electron chi connectivity index (χ3n) is 4.33. The van der Waals surface area contributed by atoms with Crippen LogP contribution in [0.3, 0.4) is 0 Å². The van der Waals surface area contributed by atoms with E-state index in [9.17, 15) is 4.79 Å². The normalized spacial score (nSPS) is 16.9. The Hall–Kier alpha value is -2.29. The van der Waals surface area contributed by atoms with E-state index in [0.717, 1.165) is 37.1 Å². The minimum atomic E-state index is -0.249. The number of hydrogen-bond acceptors (Lipinski definition) is 2. The zero-order chi connectivity index (χ0) is 16.3. The topological polar surface area (TPSA) is 29.5 Å². The molecule has 0 radical (unpaired) electrons. The molecular weight excluding hydrogens is 286 g/mol. The van der Waals surface area contributed by atoms with Crippen LogP contribution in [-0.4, -0.2) is 24.1 Å². The van der Waals surface area contributed by atoms with Crippen LogP contribution in [0.25, 0.3) is 11.1 Å². The monoisotopic (exact) mass is 309 g/mol. The van der Waals surface area contributed by atoms with Crippen molar-refractivity contribution in [2.75, 3.05) is 13.1 Å². The van der Waals surface area contributed by atoms with Crippen LogP contribution in [0, 0.1) is 5.41 Å². The molecule has 3 heteroatoms. The number of hydrogen-bond donors (Lipinski definition) is 0. The summed E-state index contributed by atoms with van der Waals surface area (Å²) in [6.07, 6.45) is 1.93. The maximum Gasteiger partial charge on any atom is 0.415 e. The number of amides is 1. The number of piperidine rings is 1. The highest BCUT2D eigenvalue weighted by molar-refractivity contribution is 5.77. The first kappa shape index (κ1) is 15.6. The molecule has 1 aliphatic heterocycles. The van der Waals surface area contributed by atoms with Crippen molar-refractivity contribution in [1.29, 1.82) is 0 Å². The van der Waals surface area contributed by atoms with Crippen molar-refractivity contribution in [1.82, 2.24) is 4.90 Å². The largest absolute Gasteiger partial charge is 0.415 e. The van der Waals surface area contributed by atoms with Gasteiger partial charge >= 0.3 is 6.09 Å². The fraction of sp³-hybridized carbons (Fsp3) is 0.350. The number of carbonyl (C=O) groups excluding carboxylic acids is 1. The fourth-order valence-electron chi connectivity index (χ4n) is 3.15.